The Morgan fingerprint density at radius 2 is 1.06 bits per heavy atom. The molecule has 3 aromatic rings. The smallest absolute Gasteiger partial charge is 0.0818 e. The SMILES string of the molecule is COCCC(C)(CC1CO1)c1ccc(C(C)(C)c2ccc(C(C)(C)c3ccc(C)cc3)cc2)cc1. The van der Waals surface area contributed by atoms with Crippen LogP contribution in [0.15, 0.2) is 72.8 Å². The monoisotopic (exact) mass is 470 g/mol. The van der Waals surface area contributed by atoms with Gasteiger partial charge in [-0.1, -0.05) is 113 Å². The van der Waals surface area contributed by atoms with Gasteiger partial charge >= 0.3 is 0 Å². The van der Waals surface area contributed by atoms with Crippen LogP contribution in [0, 0.1) is 6.92 Å². The van der Waals surface area contributed by atoms with Gasteiger partial charge in [-0.3, -0.25) is 0 Å². The summed E-state index contributed by atoms with van der Waals surface area (Å²) in [5.74, 6) is 0. The third-order valence-corrected chi connectivity index (χ3v) is 8.34. The molecule has 0 bridgehead atoms. The zero-order valence-corrected chi connectivity index (χ0v) is 22.7. The zero-order chi connectivity index (χ0) is 25.3. The van der Waals surface area contributed by atoms with Crippen molar-refractivity contribution in [1.29, 1.82) is 0 Å². The van der Waals surface area contributed by atoms with Crippen molar-refractivity contribution in [3.05, 3.63) is 106 Å². The molecule has 0 spiro atoms. The van der Waals surface area contributed by atoms with E-state index in [9.17, 15) is 0 Å². The molecule has 186 valence electrons. The highest BCUT2D eigenvalue weighted by Gasteiger charge is 2.36. The van der Waals surface area contributed by atoms with Crippen LogP contribution in [0.2, 0.25) is 0 Å². The third kappa shape index (κ3) is 5.55. The fourth-order valence-corrected chi connectivity index (χ4v) is 5.28. The highest BCUT2D eigenvalue weighted by atomic mass is 16.6. The first-order chi connectivity index (χ1) is 16.6. The summed E-state index contributed by atoms with van der Waals surface area (Å²) in [6, 6.07) is 27.4. The molecule has 1 fully saturated rings. The molecule has 2 atom stereocenters. The molecular formula is C33H42O2. The fourth-order valence-electron chi connectivity index (χ4n) is 5.28. The van der Waals surface area contributed by atoms with Gasteiger partial charge in [-0.2, -0.15) is 0 Å². The average molecular weight is 471 g/mol. The van der Waals surface area contributed by atoms with Crippen LogP contribution < -0.4 is 0 Å². The molecule has 2 nitrogen and oxygen atoms in total. The van der Waals surface area contributed by atoms with Crippen LogP contribution in [0.1, 0.15) is 80.8 Å². The first-order valence-electron chi connectivity index (χ1n) is 13.0. The first-order valence-corrected chi connectivity index (χ1v) is 13.0. The van der Waals surface area contributed by atoms with Crippen molar-refractivity contribution in [1.82, 2.24) is 0 Å². The number of methoxy groups -OCH3 is 1. The Labute approximate surface area is 212 Å². The van der Waals surface area contributed by atoms with Crippen molar-refractivity contribution in [2.45, 2.75) is 76.7 Å². The summed E-state index contributed by atoms with van der Waals surface area (Å²) >= 11 is 0. The number of hydrogen-bond donors (Lipinski definition) is 0. The molecular weight excluding hydrogens is 428 g/mol. The van der Waals surface area contributed by atoms with Crippen molar-refractivity contribution >= 4 is 0 Å². The highest BCUT2D eigenvalue weighted by Crippen LogP contribution is 2.39. The van der Waals surface area contributed by atoms with E-state index in [1.54, 1.807) is 7.11 Å². The van der Waals surface area contributed by atoms with E-state index in [1.165, 1.54) is 33.4 Å². The second kappa shape index (κ2) is 9.91. The predicted octanol–water partition coefficient (Wildman–Crippen LogP) is 7.73. The molecule has 0 saturated carbocycles. The molecule has 1 aliphatic heterocycles. The molecule has 1 aliphatic rings. The van der Waals surface area contributed by atoms with Crippen LogP contribution in [0.25, 0.3) is 0 Å². The molecule has 0 aromatic heterocycles. The van der Waals surface area contributed by atoms with Crippen molar-refractivity contribution in [3.8, 4) is 0 Å². The predicted molar refractivity (Wildman–Crippen MR) is 147 cm³/mol. The third-order valence-electron chi connectivity index (χ3n) is 8.34. The van der Waals surface area contributed by atoms with Gasteiger partial charge in [0.05, 0.1) is 12.7 Å². The van der Waals surface area contributed by atoms with Gasteiger partial charge in [0.15, 0.2) is 0 Å². The lowest BCUT2D eigenvalue weighted by Gasteiger charge is -2.32. The Morgan fingerprint density at radius 1 is 0.686 bits per heavy atom. The van der Waals surface area contributed by atoms with Gasteiger partial charge in [0.25, 0.3) is 0 Å². The Morgan fingerprint density at radius 3 is 1.43 bits per heavy atom. The van der Waals surface area contributed by atoms with E-state index >= 15 is 0 Å². The molecule has 2 unspecified atom stereocenters. The van der Waals surface area contributed by atoms with Gasteiger partial charge in [0, 0.05) is 24.5 Å². The number of hydrogen-bond acceptors (Lipinski definition) is 2. The van der Waals surface area contributed by atoms with E-state index in [4.69, 9.17) is 9.47 Å². The van der Waals surface area contributed by atoms with Gasteiger partial charge in [0.2, 0.25) is 0 Å². The van der Waals surface area contributed by atoms with Gasteiger partial charge in [-0.25, -0.2) is 0 Å². The van der Waals surface area contributed by atoms with Crippen LogP contribution in [-0.2, 0) is 25.7 Å². The Balaban J connectivity index is 1.55. The van der Waals surface area contributed by atoms with Crippen molar-refractivity contribution in [2.24, 2.45) is 0 Å². The Bertz CT molecular complexity index is 1100. The number of benzene rings is 3. The number of aryl methyl sites for hydroxylation is 1. The van der Waals surface area contributed by atoms with Crippen molar-refractivity contribution in [3.63, 3.8) is 0 Å². The fraction of sp³-hybridized carbons (Fsp3) is 0.455. The van der Waals surface area contributed by atoms with E-state index in [-0.39, 0.29) is 16.2 Å². The molecule has 0 amide bonds. The normalized spacial score (nSPS) is 17.7. The largest absolute Gasteiger partial charge is 0.385 e. The van der Waals surface area contributed by atoms with Crippen LogP contribution in [-0.4, -0.2) is 26.4 Å². The number of rotatable bonds is 10. The Kier molecular flexibility index (Phi) is 7.27. The molecule has 1 heterocycles. The summed E-state index contributed by atoms with van der Waals surface area (Å²) in [6.45, 7) is 15.4. The highest BCUT2D eigenvalue weighted by molar-refractivity contribution is 5.44. The summed E-state index contributed by atoms with van der Waals surface area (Å²) in [4.78, 5) is 0. The maximum atomic E-state index is 5.57. The zero-order valence-electron chi connectivity index (χ0n) is 22.7. The minimum atomic E-state index is -0.0758. The second-order valence-corrected chi connectivity index (χ2v) is 11.7. The topological polar surface area (TPSA) is 21.8 Å². The summed E-state index contributed by atoms with van der Waals surface area (Å²) < 4.78 is 11.0. The molecule has 0 aliphatic carbocycles. The van der Waals surface area contributed by atoms with E-state index in [1.807, 2.05) is 0 Å². The Hall–Kier alpha value is -2.42. The van der Waals surface area contributed by atoms with Gasteiger partial charge in [-0.05, 0) is 53.0 Å². The molecule has 2 heteroatoms. The second-order valence-electron chi connectivity index (χ2n) is 11.7. The number of ether oxygens (including phenoxy) is 2. The molecule has 35 heavy (non-hydrogen) atoms. The standard InChI is InChI=1S/C33H42O2/c1-24-8-10-25(11-9-24)31(2,3)26-12-14-27(15-13-26)32(4,5)28-16-18-29(19-17-28)33(6,20-21-34-7)22-30-23-35-30/h8-19,30H,20-23H2,1-7H3. The maximum Gasteiger partial charge on any atom is 0.0818 e. The summed E-state index contributed by atoms with van der Waals surface area (Å²) in [5.41, 5.74) is 8.00. The first kappa shape index (κ1) is 25.7. The van der Waals surface area contributed by atoms with Crippen LogP contribution in [0.3, 0.4) is 0 Å². The molecule has 0 radical (unpaired) electrons. The van der Waals surface area contributed by atoms with Crippen LogP contribution in [0.4, 0.5) is 0 Å². The van der Waals surface area contributed by atoms with Gasteiger partial charge in [-0.15, -0.1) is 0 Å². The summed E-state index contributed by atoms with van der Waals surface area (Å²) in [5, 5.41) is 0. The lowest BCUT2D eigenvalue weighted by molar-refractivity contribution is 0.163. The molecule has 0 N–H and O–H groups in total. The van der Waals surface area contributed by atoms with Crippen LogP contribution >= 0.6 is 0 Å². The van der Waals surface area contributed by atoms with Gasteiger partial charge in [0.1, 0.15) is 0 Å². The molecule has 1 saturated heterocycles. The van der Waals surface area contributed by atoms with E-state index < -0.39 is 0 Å². The van der Waals surface area contributed by atoms with E-state index in [0.717, 1.165) is 26.1 Å². The van der Waals surface area contributed by atoms with Crippen LogP contribution in [0.5, 0.6) is 0 Å². The van der Waals surface area contributed by atoms with Crippen molar-refractivity contribution in [2.75, 3.05) is 20.3 Å². The molecule has 4 rings (SSSR count). The number of epoxide rings is 1. The molecule has 3 aromatic carbocycles. The quantitative estimate of drug-likeness (QED) is 0.283. The summed E-state index contributed by atoms with van der Waals surface area (Å²) in [6.07, 6.45) is 2.46. The summed E-state index contributed by atoms with van der Waals surface area (Å²) in [7, 11) is 1.78. The van der Waals surface area contributed by atoms with Crippen molar-refractivity contribution < 1.29 is 9.47 Å². The lowest BCUT2D eigenvalue weighted by Crippen LogP contribution is -2.27. The van der Waals surface area contributed by atoms with E-state index in [2.05, 4.69) is 114 Å². The maximum absolute atomic E-state index is 5.57. The minimum absolute atomic E-state index is 0.0318. The lowest BCUT2D eigenvalue weighted by atomic mass is 9.72. The van der Waals surface area contributed by atoms with Gasteiger partial charge < -0.3 is 9.47 Å². The van der Waals surface area contributed by atoms with E-state index in [0.29, 0.717) is 6.10 Å². The minimum Gasteiger partial charge on any atom is -0.385 e. The average Bonchev–Trinajstić information content (AvgIpc) is 3.67.